The van der Waals surface area contributed by atoms with Crippen LogP contribution in [0.5, 0.6) is 0 Å². The first-order valence-corrected chi connectivity index (χ1v) is 10.4. The number of H-pyrrole nitrogens is 1. The molecule has 0 atom stereocenters. The van der Waals surface area contributed by atoms with Crippen LogP contribution in [-0.2, 0) is 12.7 Å². The van der Waals surface area contributed by atoms with Crippen LogP contribution in [-0.4, -0.2) is 31.9 Å². The maximum absolute atomic E-state index is 13.0. The number of carbonyl (C=O) groups excluding carboxylic acids is 1. The number of imidazole rings is 1. The average molecular weight is 452 g/mol. The first kappa shape index (κ1) is 20.9. The summed E-state index contributed by atoms with van der Waals surface area (Å²) in [4.78, 5) is 28.2. The Morgan fingerprint density at radius 1 is 1.09 bits per heavy atom. The Morgan fingerprint density at radius 3 is 2.61 bits per heavy atom. The third-order valence-corrected chi connectivity index (χ3v) is 5.34. The third-order valence-electron chi connectivity index (χ3n) is 5.34. The van der Waals surface area contributed by atoms with E-state index in [0.29, 0.717) is 33.9 Å². The largest absolute Gasteiger partial charge is 0.416 e. The van der Waals surface area contributed by atoms with Crippen molar-refractivity contribution >= 4 is 22.9 Å². The minimum absolute atomic E-state index is 0.0967. The molecule has 0 saturated heterocycles. The summed E-state index contributed by atoms with van der Waals surface area (Å²) in [6.45, 7) is 0.148. The molecule has 1 amide bonds. The zero-order valence-electron chi connectivity index (χ0n) is 17.3. The number of alkyl halides is 3. The molecule has 33 heavy (non-hydrogen) atoms. The van der Waals surface area contributed by atoms with Gasteiger partial charge in [0.05, 0.1) is 5.56 Å². The molecular weight excluding hydrogens is 433 g/mol. The molecule has 1 aliphatic rings. The highest BCUT2D eigenvalue weighted by atomic mass is 19.4. The lowest BCUT2D eigenvalue weighted by Gasteiger charge is -2.10. The van der Waals surface area contributed by atoms with Gasteiger partial charge in [-0.2, -0.15) is 13.2 Å². The highest BCUT2D eigenvalue weighted by Gasteiger charge is 2.30. The molecule has 10 heteroatoms. The fourth-order valence-corrected chi connectivity index (χ4v) is 3.42. The molecule has 0 aliphatic heterocycles. The molecule has 1 saturated carbocycles. The second-order valence-electron chi connectivity index (χ2n) is 7.88. The summed E-state index contributed by atoms with van der Waals surface area (Å²) in [6, 6.07) is 12.5. The number of amides is 1. The van der Waals surface area contributed by atoms with E-state index in [1.165, 1.54) is 12.4 Å². The van der Waals surface area contributed by atoms with Crippen LogP contribution in [0.2, 0.25) is 0 Å². The summed E-state index contributed by atoms with van der Waals surface area (Å²) in [5.41, 5.74) is 2.06. The maximum atomic E-state index is 13.0. The summed E-state index contributed by atoms with van der Waals surface area (Å²) < 4.78 is 38.9. The summed E-state index contributed by atoms with van der Waals surface area (Å²) in [7, 11) is 0. The van der Waals surface area contributed by atoms with Crippen LogP contribution in [0.1, 0.15) is 34.3 Å². The Kier molecular flexibility index (Phi) is 5.20. The molecule has 0 radical (unpaired) electrons. The van der Waals surface area contributed by atoms with Crippen LogP contribution >= 0.6 is 0 Å². The fourth-order valence-electron chi connectivity index (χ4n) is 3.42. The van der Waals surface area contributed by atoms with Crippen molar-refractivity contribution < 1.29 is 18.0 Å². The summed E-state index contributed by atoms with van der Waals surface area (Å²) >= 11 is 0. The molecule has 2 aromatic carbocycles. The van der Waals surface area contributed by atoms with Gasteiger partial charge in [-0.25, -0.2) is 15.0 Å². The molecule has 1 fully saturated rings. The molecule has 1 aliphatic carbocycles. The Balaban J connectivity index is 1.35. The quantitative estimate of drug-likeness (QED) is 0.399. The first-order valence-electron chi connectivity index (χ1n) is 10.4. The van der Waals surface area contributed by atoms with Gasteiger partial charge in [0.2, 0.25) is 0 Å². The smallest absolute Gasteiger partial charge is 0.364 e. The molecule has 5 rings (SSSR count). The second kappa shape index (κ2) is 8.19. The van der Waals surface area contributed by atoms with E-state index in [0.717, 1.165) is 30.5 Å². The zero-order chi connectivity index (χ0) is 23.0. The van der Waals surface area contributed by atoms with Crippen molar-refractivity contribution in [3.63, 3.8) is 0 Å². The molecule has 0 unspecified atom stereocenters. The lowest BCUT2D eigenvalue weighted by atomic mass is 10.1. The van der Waals surface area contributed by atoms with Crippen LogP contribution in [0.4, 0.5) is 19.0 Å². The van der Waals surface area contributed by atoms with E-state index >= 15 is 0 Å². The van der Waals surface area contributed by atoms with Gasteiger partial charge in [-0.05, 0) is 42.7 Å². The van der Waals surface area contributed by atoms with Crippen molar-refractivity contribution in [1.29, 1.82) is 0 Å². The number of hydrogen-bond acceptors (Lipinski definition) is 5. The molecule has 7 nitrogen and oxygen atoms in total. The van der Waals surface area contributed by atoms with Crippen LogP contribution in [0.3, 0.4) is 0 Å². The highest BCUT2D eigenvalue weighted by Crippen LogP contribution is 2.30. The minimum Gasteiger partial charge on any atom is -0.364 e. The summed E-state index contributed by atoms with van der Waals surface area (Å²) in [6.07, 6.45) is -1.01. The van der Waals surface area contributed by atoms with Crippen LogP contribution < -0.4 is 10.6 Å². The second-order valence-corrected chi connectivity index (χ2v) is 7.88. The standard InChI is InChI=1S/C23H19F3N6O/c24-23(25,26)16-3-1-2-13(10-16)11-27-20-18-21(29-12-28-20)32-19(31-18)14-4-6-15(7-5-14)22(33)30-17-8-9-17/h1-7,10,12,17H,8-9,11H2,(H,30,33)(H2,27,28,29,31,32). The van der Waals surface area contributed by atoms with Crippen molar-refractivity contribution in [1.82, 2.24) is 25.3 Å². The topological polar surface area (TPSA) is 95.6 Å². The van der Waals surface area contributed by atoms with Crippen molar-refractivity contribution in [2.75, 3.05) is 5.32 Å². The van der Waals surface area contributed by atoms with E-state index in [1.807, 2.05) is 0 Å². The van der Waals surface area contributed by atoms with E-state index < -0.39 is 11.7 Å². The number of halogens is 3. The number of benzene rings is 2. The Hall–Kier alpha value is -3.95. The van der Waals surface area contributed by atoms with Gasteiger partial charge < -0.3 is 15.6 Å². The first-order chi connectivity index (χ1) is 15.9. The highest BCUT2D eigenvalue weighted by molar-refractivity contribution is 5.95. The molecule has 3 N–H and O–H groups in total. The monoisotopic (exact) mass is 452 g/mol. The van der Waals surface area contributed by atoms with Crippen LogP contribution in [0, 0.1) is 0 Å². The SMILES string of the molecule is O=C(NC1CC1)c1ccc(-c2nc3ncnc(NCc4cccc(C(F)(F)F)c4)c3[nH]2)cc1. The number of nitrogens with zero attached hydrogens (tertiary/aromatic N) is 3. The normalized spacial score (nSPS) is 13.8. The van der Waals surface area contributed by atoms with Gasteiger partial charge in [-0.15, -0.1) is 0 Å². The van der Waals surface area contributed by atoms with E-state index in [1.54, 1.807) is 30.3 Å². The molecule has 0 bridgehead atoms. The van der Waals surface area contributed by atoms with Gasteiger partial charge in [-0.3, -0.25) is 4.79 Å². The van der Waals surface area contributed by atoms with Gasteiger partial charge in [0.1, 0.15) is 17.7 Å². The van der Waals surface area contributed by atoms with Gasteiger partial charge in [-0.1, -0.05) is 24.3 Å². The Morgan fingerprint density at radius 2 is 1.88 bits per heavy atom. The molecule has 2 heterocycles. The van der Waals surface area contributed by atoms with Crippen molar-refractivity contribution in [3.8, 4) is 11.4 Å². The number of anilines is 1. The number of fused-ring (bicyclic) bond motifs is 1. The lowest BCUT2D eigenvalue weighted by Crippen LogP contribution is -2.25. The van der Waals surface area contributed by atoms with E-state index in [9.17, 15) is 18.0 Å². The number of aromatic nitrogens is 4. The van der Waals surface area contributed by atoms with E-state index in [4.69, 9.17) is 0 Å². The summed E-state index contributed by atoms with van der Waals surface area (Å²) in [5.74, 6) is 0.874. The van der Waals surface area contributed by atoms with Gasteiger partial charge >= 0.3 is 6.18 Å². The van der Waals surface area contributed by atoms with Crippen LogP contribution in [0.15, 0.2) is 54.9 Å². The van der Waals surface area contributed by atoms with Gasteiger partial charge in [0.15, 0.2) is 11.5 Å². The van der Waals surface area contributed by atoms with E-state index in [-0.39, 0.29) is 18.5 Å². The number of aromatic amines is 1. The average Bonchev–Trinajstić information content (AvgIpc) is 3.51. The van der Waals surface area contributed by atoms with Crippen molar-refractivity contribution in [3.05, 3.63) is 71.5 Å². The van der Waals surface area contributed by atoms with Crippen molar-refractivity contribution in [2.24, 2.45) is 0 Å². The Labute approximate surface area is 186 Å². The molecule has 168 valence electrons. The molecule has 0 spiro atoms. The number of nitrogens with one attached hydrogen (secondary N) is 3. The minimum atomic E-state index is -4.40. The predicted octanol–water partition coefficient (Wildman–Crippen LogP) is 4.54. The summed E-state index contributed by atoms with van der Waals surface area (Å²) in [5, 5.41) is 6.00. The number of rotatable bonds is 6. The fraction of sp³-hybridized carbons (Fsp3) is 0.217. The molecule has 2 aromatic heterocycles. The Bertz CT molecular complexity index is 1310. The lowest BCUT2D eigenvalue weighted by molar-refractivity contribution is -0.137. The predicted molar refractivity (Wildman–Crippen MR) is 116 cm³/mol. The zero-order valence-corrected chi connectivity index (χ0v) is 17.3. The van der Waals surface area contributed by atoms with E-state index in [2.05, 4.69) is 30.6 Å². The number of hydrogen-bond donors (Lipinski definition) is 3. The van der Waals surface area contributed by atoms with Crippen molar-refractivity contribution in [2.45, 2.75) is 31.6 Å². The third kappa shape index (κ3) is 4.64. The van der Waals surface area contributed by atoms with Crippen LogP contribution in [0.25, 0.3) is 22.6 Å². The molecule has 4 aromatic rings. The van der Waals surface area contributed by atoms with Gasteiger partial charge in [0, 0.05) is 23.7 Å². The molecular formula is C23H19F3N6O. The maximum Gasteiger partial charge on any atom is 0.416 e. The van der Waals surface area contributed by atoms with Gasteiger partial charge in [0.25, 0.3) is 5.91 Å². The number of carbonyl (C=O) groups is 1.